The molecule has 1 amide bonds. The standard InChI is InChI=1S/C18H25F3N2O/c1-17(2)13-16(24)22-23(17)15(18(19,20)21)12-8-4-7-11-14-9-5-3-6-10-14/h3,5-6,9-10,15H,4,7-8,11-13H2,1-2H3,(H,22,24)/t15-/m0/s1. The maximum absolute atomic E-state index is 13.4. The van der Waals surface area contributed by atoms with Gasteiger partial charge >= 0.3 is 6.18 Å². The SMILES string of the molecule is CC1(C)CC(=O)NN1[C@@H](CCCCCc1ccccc1)C(F)(F)F. The van der Waals surface area contributed by atoms with Crippen molar-refractivity contribution in [3.05, 3.63) is 35.9 Å². The second-order valence-corrected chi connectivity index (χ2v) is 7.04. The number of nitrogens with one attached hydrogen (secondary N) is 1. The minimum absolute atomic E-state index is 0.00198. The Balaban J connectivity index is 1.85. The Morgan fingerprint density at radius 2 is 1.83 bits per heavy atom. The summed E-state index contributed by atoms with van der Waals surface area (Å²) < 4.78 is 40.3. The molecule has 1 saturated heterocycles. The maximum atomic E-state index is 13.4. The number of carbonyl (C=O) groups is 1. The molecule has 0 saturated carbocycles. The summed E-state index contributed by atoms with van der Waals surface area (Å²) in [6.45, 7) is 3.33. The van der Waals surface area contributed by atoms with Gasteiger partial charge in [0.05, 0.1) is 0 Å². The van der Waals surface area contributed by atoms with E-state index in [0.717, 1.165) is 24.3 Å². The molecule has 0 aromatic heterocycles. The molecule has 1 aromatic carbocycles. The van der Waals surface area contributed by atoms with Gasteiger partial charge in [0, 0.05) is 12.0 Å². The number of amides is 1. The Morgan fingerprint density at radius 1 is 1.17 bits per heavy atom. The molecule has 1 aliphatic heterocycles. The van der Waals surface area contributed by atoms with Gasteiger partial charge in [-0.1, -0.05) is 43.2 Å². The average molecular weight is 342 g/mol. The Kier molecular flexibility index (Phi) is 5.91. The summed E-state index contributed by atoms with van der Waals surface area (Å²) in [7, 11) is 0. The molecule has 0 aliphatic carbocycles. The van der Waals surface area contributed by atoms with E-state index in [1.807, 2.05) is 30.3 Å². The summed E-state index contributed by atoms with van der Waals surface area (Å²) in [5, 5.41) is 1.10. The predicted octanol–water partition coefficient (Wildman–Crippen LogP) is 4.24. The molecular weight excluding hydrogens is 317 g/mol. The molecule has 1 N–H and O–H groups in total. The molecule has 1 fully saturated rings. The molecule has 2 rings (SSSR count). The fraction of sp³-hybridized carbons (Fsp3) is 0.611. The number of hydrogen-bond donors (Lipinski definition) is 1. The number of halogens is 3. The first-order chi connectivity index (χ1) is 11.2. The van der Waals surface area contributed by atoms with Gasteiger partial charge in [-0.2, -0.15) is 13.2 Å². The van der Waals surface area contributed by atoms with Crippen molar-refractivity contribution in [1.82, 2.24) is 10.4 Å². The number of nitrogens with zero attached hydrogens (tertiary/aromatic N) is 1. The lowest BCUT2D eigenvalue weighted by atomic mass is 9.97. The van der Waals surface area contributed by atoms with E-state index in [0.29, 0.717) is 6.42 Å². The number of unbranched alkanes of at least 4 members (excludes halogenated alkanes) is 2. The zero-order valence-electron chi connectivity index (χ0n) is 14.2. The van der Waals surface area contributed by atoms with Gasteiger partial charge < -0.3 is 0 Å². The van der Waals surface area contributed by atoms with E-state index < -0.39 is 17.8 Å². The minimum atomic E-state index is -4.35. The molecule has 1 aromatic rings. The third-order valence-electron chi connectivity index (χ3n) is 4.47. The molecule has 0 bridgehead atoms. The lowest BCUT2D eigenvalue weighted by Gasteiger charge is -2.37. The van der Waals surface area contributed by atoms with E-state index in [9.17, 15) is 18.0 Å². The van der Waals surface area contributed by atoms with Crippen LogP contribution in [0.25, 0.3) is 0 Å². The summed E-state index contributed by atoms with van der Waals surface area (Å²) in [4.78, 5) is 11.5. The van der Waals surface area contributed by atoms with Crippen molar-refractivity contribution in [2.45, 2.75) is 70.1 Å². The van der Waals surface area contributed by atoms with Crippen LogP contribution in [0.5, 0.6) is 0 Å². The molecule has 3 nitrogen and oxygen atoms in total. The van der Waals surface area contributed by atoms with Crippen LogP contribution in [0.1, 0.15) is 51.5 Å². The highest BCUT2D eigenvalue weighted by Gasteiger charge is 2.51. The van der Waals surface area contributed by atoms with Crippen LogP contribution in [0.15, 0.2) is 30.3 Å². The van der Waals surface area contributed by atoms with Crippen LogP contribution in [-0.4, -0.2) is 28.7 Å². The first-order valence-corrected chi connectivity index (χ1v) is 8.39. The van der Waals surface area contributed by atoms with Crippen molar-refractivity contribution in [2.75, 3.05) is 0 Å². The van der Waals surface area contributed by atoms with E-state index in [2.05, 4.69) is 5.43 Å². The van der Waals surface area contributed by atoms with Crippen LogP contribution in [-0.2, 0) is 11.2 Å². The van der Waals surface area contributed by atoms with Crippen LogP contribution in [0.2, 0.25) is 0 Å². The Hall–Kier alpha value is -1.56. The Bertz CT molecular complexity index is 543. The maximum Gasteiger partial charge on any atom is 0.405 e. The largest absolute Gasteiger partial charge is 0.405 e. The van der Waals surface area contributed by atoms with Gasteiger partial charge in [-0.05, 0) is 38.7 Å². The van der Waals surface area contributed by atoms with Crippen molar-refractivity contribution in [3.8, 4) is 0 Å². The number of aryl methyl sites for hydroxylation is 1. The highest BCUT2D eigenvalue weighted by atomic mass is 19.4. The fourth-order valence-electron chi connectivity index (χ4n) is 3.23. The average Bonchev–Trinajstić information content (AvgIpc) is 2.75. The lowest BCUT2D eigenvalue weighted by Crippen LogP contribution is -2.56. The molecular formula is C18H25F3N2O. The minimum Gasteiger partial charge on any atom is -0.288 e. The summed E-state index contributed by atoms with van der Waals surface area (Å²) in [6, 6.07) is 8.31. The molecule has 0 spiro atoms. The van der Waals surface area contributed by atoms with Gasteiger partial charge in [0.25, 0.3) is 0 Å². The van der Waals surface area contributed by atoms with Gasteiger partial charge in [0.15, 0.2) is 0 Å². The van der Waals surface area contributed by atoms with Crippen LogP contribution >= 0.6 is 0 Å². The molecule has 1 atom stereocenters. The zero-order chi connectivity index (χ0) is 17.8. The summed E-state index contributed by atoms with van der Waals surface area (Å²) in [6.07, 6.45) is -1.29. The number of carbonyl (C=O) groups excluding carboxylic acids is 1. The summed E-state index contributed by atoms with van der Waals surface area (Å²) in [5.74, 6) is -0.349. The van der Waals surface area contributed by atoms with E-state index in [4.69, 9.17) is 0 Å². The molecule has 0 radical (unpaired) electrons. The Labute approximate surface area is 141 Å². The quantitative estimate of drug-likeness (QED) is 0.752. The molecule has 24 heavy (non-hydrogen) atoms. The lowest BCUT2D eigenvalue weighted by molar-refractivity contribution is -0.202. The van der Waals surface area contributed by atoms with E-state index in [1.54, 1.807) is 13.8 Å². The van der Waals surface area contributed by atoms with Gasteiger partial charge in [0.1, 0.15) is 6.04 Å². The molecule has 0 unspecified atom stereocenters. The van der Waals surface area contributed by atoms with Crippen molar-refractivity contribution in [1.29, 1.82) is 0 Å². The van der Waals surface area contributed by atoms with Crippen LogP contribution in [0.4, 0.5) is 13.2 Å². The van der Waals surface area contributed by atoms with Crippen molar-refractivity contribution < 1.29 is 18.0 Å². The topological polar surface area (TPSA) is 32.3 Å². The molecule has 134 valence electrons. The molecule has 1 aliphatic rings. The van der Waals surface area contributed by atoms with E-state index in [1.165, 1.54) is 5.56 Å². The third-order valence-corrected chi connectivity index (χ3v) is 4.47. The molecule has 6 heteroatoms. The monoisotopic (exact) mass is 342 g/mol. The van der Waals surface area contributed by atoms with Gasteiger partial charge in [-0.25, -0.2) is 5.01 Å². The van der Waals surface area contributed by atoms with Gasteiger partial charge in [-0.15, -0.1) is 0 Å². The highest BCUT2D eigenvalue weighted by Crippen LogP contribution is 2.35. The second kappa shape index (κ2) is 7.55. The highest BCUT2D eigenvalue weighted by molar-refractivity contribution is 5.78. The zero-order valence-corrected chi connectivity index (χ0v) is 14.2. The van der Waals surface area contributed by atoms with Crippen LogP contribution in [0, 0.1) is 0 Å². The van der Waals surface area contributed by atoms with Crippen LogP contribution < -0.4 is 5.43 Å². The number of rotatable bonds is 7. The number of hydrazine groups is 1. The summed E-state index contributed by atoms with van der Waals surface area (Å²) >= 11 is 0. The van der Waals surface area contributed by atoms with Crippen LogP contribution in [0.3, 0.4) is 0 Å². The summed E-state index contributed by atoms with van der Waals surface area (Å²) in [5.41, 5.74) is 2.78. The number of hydrogen-bond acceptors (Lipinski definition) is 2. The van der Waals surface area contributed by atoms with Gasteiger partial charge in [0.2, 0.25) is 5.91 Å². The normalized spacial score (nSPS) is 19.3. The fourth-order valence-corrected chi connectivity index (χ4v) is 3.23. The number of alkyl halides is 3. The van der Waals surface area contributed by atoms with Crippen molar-refractivity contribution in [2.24, 2.45) is 0 Å². The smallest absolute Gasteiger partial charge is 0.288 e. The number of benzene rings is 1. The first kappa shape index (κ1) is 18.8. The molecule has 1 heterocycles. The second-order valence-electron chi connectivity index (χ2n) is 7.04. The Morgan fingerprint density at radius 3 is 2.38 bits per heavy atom. The van der Waals surface area contributed by atoms with Crippen molar-refractivity contribution in [3.63, 3.8) is 0 Å². The van der Waals surface area contributed by atoms with E-state index >= 15 is 0 Å². The van der Waals surface area contributed by atoms with Crippen molar-refractivity contribution >= 4 is 5.91 Å². The first-order valence-electron chi connectivity index (χ1n) is 8.39. The third kappa shape index (κ3) is 4.97. The van der Waals surface area contributed by atoms with Gasteiger partial charge in [-0.3, -0.25) is 10.2 Å². The predicted molar refractivity (Wildman–Crippen MR) is 87.1 cm³/mol. The van der Waals surface area contributed by atoms with E-state index in [-0.39, 0.29) is 18.7 Å².